The number of H-pyrrole nitrogens is 1. The molecule has 1 fully saturated rings. The van der Waals surface area contributed by atoms with Crippen molar-refractivity contribution in [2.75, 3.05) is 19.7 Å². The van der Waals surface area contributed by atoms with Crippen molar-refractivity contribution < 1.29 is 9.84 Å². The largest absolute Gasteiger partial charge is 0.491 e. The first-order chi connectivity index (χ1) is 12.7. The topological polar surface area (TPSA) is 61.4 Å². The number of hydrogen-bond acceptors (Lipinski definition) is 4. The fourth-order valence-corrected chi connectivity index (χ4v) is 4.22. The molecule has 2 atom stereocenters. The second kappa shape index (κ2) is 7.80. The van der Waals surface area contributed by atoms with Crippen LogP contribution in [0.1, 0.15) is 54.5 Å². The summed E-state index contributed by atoms with van der Waals surface area (Å²) < 4.78 is 5.82. The van der Waals surface area contributed by atoms with Gasteiger partial charge in [-0.2, -0.15) is 0 Å². The molecule has 5 heteroatoms. The van der Waals surface area contributed by atoms with Crippen LogP contribution in [0.3, 0.4) is 0 Å². The molecular formula is C21H29N3O2. The van der Waals surface area contributed by atoms with Crippen LogP contribution in [0.2, 0.25) is 0 Å². The van der Waals surface area contributed by atoms with E-state index in [1.807, 2.05) is 31.2 Å². The Morgan fingerprint density at radius 1 is 1.27 bits per heavy atom. The third-order valence-corrected chi connectivity index (χ3v) is 5.62. The maximum absolute atomic E-state index is 10.5. The van der Waals surface area contributed by atoms with E-state index in [-0.39, 0.29) is 0 Å². The molecule has 1 aromatic carbocycles. The summed E-state index contributed by atoms with van der Waals surface area (Å²) >= 11 is 0. The molecule has 0 amide bonds. The van der Waals surface area contributed by atoms with Gasteiger partial charge in [-0.3, -0.25) is 4.90 Å². The monoisotopic (exact) mass is 355 g/mol. The van der Waals surface area contributed by atoms with Crippen molar-refractivity contribution in [1.82, 2.24) is 14.9 Å². The number of likely N-dealkylation sites (tertiary alicyclic amines) is 1. The molecule has 26 heavy (non-hydrogen) atoms. The van der Waals surface area contributed by atoms with Gasteiger partial charge in [-0.1, -0.05) is 18.2 Å². The number of aliphatic hydroxyl groups is 1. The van der Waals surface area contributed by atoms with E-state index in [0.29, 0.717) is 19.2 Å². The van der Waals surface area contributed by atoms with Gasteiger partial charge in [0.2, 0.25) is 0 Å². The maximum Gasteiger partial charge on any atom is 0.124 e. The van der Waals surface area contributed by atoms with Gasteiger partial charge in [-0.15, -0.1) is 0 Å². The van der Waals surface area contributed by atoms with Gasteiger partial charge in [0.1, 0.15) is 24.3 Å². The van der Waals surface area contributed by atoms with Crippen molar-refractivity contribution in [2.45, 2.75) is 57.6 Å². The molecule has 1 saturated heterocycles. The van der Waals surface area contributed by atoms with E-state index in [4.69, 9.17) is 9.72 Å². The SMILES string of the molecule is Cc1ccccc1OC[C@@H](O)CN1CCC[C@@H]1c1nc2c([nH]1)CCCC2. The molecule has 4 rings (SSSR count). The maximum atomic E-state index is 10.5. The van der Waals surface area contributed by atoms with E-state index >= 15 is 0 Å². The standard InChI is InChI=1S/C21H29N3O2/c1-15-7-2-5-11-20(15)26-14-16(25)13-24-12-6-10-19(24)21-22-17-8-3-4-9-18(17)23-21/h2,5,7,11,16,19,25H,3-4,6,8-10,12-14H2,1H3,(H,22,23)/t16-,19+/m0/s1. The molecule has 0 spiro atoms. The molecule has 1 aliphatic carbocycles. The van der Waals surface area contributed by atoms with Crippen LogP contribution in [0.4, 0.5) is 0 Å². The van der Waals surface area contributed by atoms with Crippen LogP contribution < -0.4 is 4.74 Å². The lowest BCUT2D eigenvalue weighted by Crippen LogP contribution is -2.35. The predicted molar refractivity (Wildman–Crippen MR) is 101 cm³/mol. The van der Waals surface area contributed by atoms with Gasteiger partial charge in [0, 0.05) is 12.2 Å². The minimum Gasteiger partial charge on any atom is -0.491 e. The average molecular weight is 355 g/mol. The average Bonchev–Trinajstić information content (AvgIpc) is 3.27. The summed E-state index contributed by atoms with van der Waals surface area (Å²) in [6, 6.07) is 8.24. The second-order valence-corrected chi connectivity index (χ2v) is 7.64. The highest BCUT2D eigenvalue weighted by Crippen LogP contribution is 2.32. The Kier molecular flexibility index (Phi) is 5.27. The van der Waals surface area contributed by atoms with E-state index in [1.165, 1.54) is 24.2 Å². The van der Waals surface area contributed by atoms with Crippen molar-refractivity contribution in [3.63, 3.8) is 0 Å². The molecule has 2 N–H and O–H groups in total. The molecule has 2 aliphatic rings. The number of fused-ring (bicyclic) bond motifs is 1. The van der Waals surface area contributed by atoms with Crippen LogP contribution in [0.25, 0.3) is 0 Å². The molecule has 0 bridgehead atoms. The lowest BCUT2D eigenvalue weighted by molar-refractivity contribution is 0.0626. The smallest absolute Gasteiger partial charge is 0.124 e. The molecule has 2 aromatic rings. The van der Waals surface area contributed by atoms with Crippen LogP contribution in [-0.2, 0) is 12.8 Å². The summed E-state index contributed by atoms with van der Waals surface area (Å²) in [4.78, 5) is 10.8. The summed E-state index contributed by atoms with van der Waals surface area (Å²) in [6.45, 7) is 3.99. The summed E-state index contributed by atoms with van der Waals surface area (Å²) in [5.41, 5.74) is 3.70. The number of nitrogens with zero attached hydrogens (tertiary/aromatic N) is 2. The molecule has 140 valence electrons. The summed E-state index contributed by atoms with van der Waals surface area (Å²) in [5, 5.41) is 10.5. The fraction of sp³-hybridized carbons (Fsp3) is 0.571. The lowest BCUT2D eigenvalue weighted by Gasteiger charge is -2.25. The van der Waals surface area contributed by atoms with E-state index in [2.05, 4.69) is 9.88 Å². The number of hydrogen-bond donors (Lipinski definition) is 2. The molecule has 1 aliphatic heterocycles. The Morgan fingerprint density at radius 2 is 2.12 bits per heavy atom. The number of benzene rings is 1. The number of aromatic amines is 1. The number of imidazole rings is 1. The number of para-hydroxylation sites is 1. The Balaban J connectivity index is 1.36. The quantitative estimate of drug-likeness (QED) is 0.835. The van der Waals surface area contributed by atoms with E-state index < -0.39 is 6.10 Å². The number of ether oxygens (including phenoxy) is 1. The van der Waals surface area contributed by atoms with Crippen molar-refractivity contribution in [1.29, 1.82) is 0 Å². The third-order valence-electron chi connectivity index (χ3n) is 5.62. The van der Waals surface area contributed by atoms with Gasteiger partial charge in [0.25, 0.3) is 0 Å². The normalized spacial score (nSPS) is 21.5. The van der Waals surface area contributed by atoms with Crippen LogP contribution in [-0.4, -0.2) is 45.8 Å². The first kappa shape index (κ1) is 17.6. The summed E-state index contributed by atoms with van der Waals surface area (Å²) in [6.07, 6.45) is 6.50. The minimum absolute atomic E-state index is 0.300. The van der Waals surface area contributed by atoms with Crippen molar-refractivity contribution in [3.8, 4) is 5.75 Å². The molecular weight excluding hydrogens is 326 g/mol. The Hall–Kier alpha value is -1.85. The number of β-amino-alcohol motifs (C(OH)–C–C–N with tert-alkyl or cyclic N) is 1. The van der Waals surface area contributed by atoms with Gasteiger partial charge < -0.3 is 14.8 Å². The predicted octanol–water partition coefficient (Wildman–Crippen LogP) is 3.17. The highest BCUT2D eigenvalue weighted by molar-refractivity contribution is 5.31. The van der Waals surface area contributed by atoms with Gasteiger partial charge in [-0.05, 0) is 63.6 Å². The molecule has 0 saturated carbocycles. The first-order valence-corrected chi connectivity index (χ1v) is 9.89. The zero-order valence-corrected chi connectivity index (χ0v) is 15.6. The highest BCUT2D eigenvalue weighted by Gasteiger charge is 2.31. The number of aliphatic hydroxyl groups excluding tert-OH is 1. The lowest BCUT2D eigenvalue weighted by atomic mass is 10.0. The number of aromatic nitrogens is 2. The van der Waals surface area contributed by atoms with Crippen LogP contribution in [0.15, 0.2) is 24.3 Å². The number of nitrogens with one attached hydrogen (secondary N) is 1. The molecule has 0 unspecified atom stereocenters. The second-order valence-electron chi connectivity index (χ2n) is 7.64. The van der Waals surface area contributed by atoms with Crippen LogP contribution >= 0.6 is 0 Å². The molecule has 1 aromatic heterocycles. The Bertz CT molecular complexity index is 719. The summed E-state index contributed by atoms with van der Waals surface area (Å²) in [5.74, 6) is 1.95. The molecule has 0 radical (unpaired) electrons. The third kappa shape index (κ3) is 3.79. The van der Waals surface area contributed by atoms with Crippen molar-refractivity contribution >= 4 is 0 Å². The zero-order valence-electron chi connectivity index (χ0n) is 15.6. The van der Waals surface area contributed by atoms with Crippen molar-refractivity contribution in [2.24, 2.45) is 0 Å². The van der Waals surface area contributed by atoms with Crippen molar-refractivity contribution in [3.05, 3.63) is 47.0 Å². The highest BCUT2D eigenvalue weighted by atomic mass is 16.5. The van der Waals surface area contributed by atoms with Gasteiger partial charge in [0.05, 0.1) is 11.7 Å². The van der Waals surface area contributed by atoms with E-state index in [1.54, 1.807) is 0 Å². The zero-order chi connectivity index (χ0) is 17.9. The van der Waals surface area contributed by atoms with E-state index in [9.17, 15) is 5.11 Å². The Labute approximate surface area is 155 Å². The van der Waals surface area contributed by atoms with Gasteiger partial charge in [-0.25, -0.2) is 4.98 Å². The number of rotatable bonds is 6. The Morgan fingerprint density at radius 3 is 2.96 bits per heavy atom. The van der Waals surface area contributed by atoms with Gasteiger partial charge in [0.15, 0.2) is 0 Å². The van der Waals surface area contributed by atoms with Gasteiger partial charge >= 0.3 is 0 Å². The number of aryl methyl sites for hydroxylation is 3. The van der Waals surface area contributed by atoms with Crippen LogP contribution in [0.5, 0.6) is 5.75 Å². The molecule has 2 heterocycles. The molecule has 5 nitrogen and oxygen atoms in total. The van der Waals surface area contributed by atoms with E-state index in [0.717, 1.165) is 49.4 Å². The first-order valence-electron chi connectivity index (χ1n) is 9.89. The minimum atomic E-state index is -0.500. The summed E-state index contributed by atoms with van der Waals surface area (Å²) in [7, 11) is 0. The van der Waals surface area contributed by atoms with Crippen LogP contribution in [0, 0.1) is 6.92 Å². The fourth-order valence-electron chi connectivity index (χ4n) is 4.22.